The fraction of sp³-hybridized carbons (Fsp3) is 0.235. The molecule has 3 aromatic rings. The molecule has 24 heavy (non-hydrogen) atoms. The van der Waals surface area contributed by atoms with E-state index in [9.17, 15) is 4.79 Å². The van der Waals surface area contributed by atoms with E-state index in [1.807, 2.05) is 55.5 Å². The van der Waals surface area contributed by atoms with Gasteiger partial charge in [0.25, 0.3) is 5.91 Å². The number of carbonyl (C=O) groups excluding carboxylic acids is 1. The first-order chi connectivity index (χ1) is 11.6. The molecule has 3 rings (SSSR count). The van der Waals surface area contributed by atoms with Crippen molar-refractivity contribution in [1.29, 1.82) is 0 Å². The van der Waals surface area contributed by atoms with Gasteiger partial charge >= 0.3 is 0 Å². The highest BCUT2D eigenvalue weighted by Gasteiger charge is 2.12. The molecule has 124 valence electrons. The summed E-state index contributed by atoms with van der Waals surface area (Å²) in [6, 6.07) is 10.1. The zero-order chi connectivity index (χ0) is 16.9. The molecule has 6 nitrogen and oxygen atoms in total. The van der Waals surface area contributed by atoms with Gasteiger partial charge in [0.1, 0.15) is 10.7 Å². The van der Waals surface area contributed by atoms with E-state index in [0.29, 0.717) is 17.9 Å². The zero-order valence-electron chi connectivity index (χ0n) is 13.6. The van der Waals surface area contributed by atoms with Crippen LogP contribution in [-0.4, -0.2) is 39.7 Å². The molecule has 0 aliphatic carbocycles. The van der Waals surface area contributed by atoms with Crippen LogP contribution in [0.1, 0.15) is 21.1 Å². The Kier molecular flexibility index (Phi) is 5.02. The lowest BCUT2D eigenvalue weighted by Crippen LogP contribution is -2.13. The molecule has 0 spiro atoms. The number of rotatable bonds is 6. The maximum atomic E-state index is 12.3. The quantitative estimate of drug-likeness (QED) is 0.749. The first-order valence-electron chi connectivity index (χ1n) is 7.57. The van der Waals surface area contributed by atoms with Gasteiger partial charge in [-0.1, -0.05) is 30.3 Å². The van der Waals surface area contributed by atoms with Crippen LogP contribution in [0.25, 0.3) is 0 Å². The van der Waals surface area contributed by atoms with Crippen LogP contribution < -0.4 is 5.32 Å². The van der Waals surface area contributed by atoms with Crippen molar-refractivity contribution in [3.05, 3.63) is 64.4 Å². The van der Waals surface area contributed by atoms with Crippen molar-refractivity contribution < 1.29 is 4.79 Å². The highest BCUT2D eigenvalue weighted by Crippen LogP contribution is 2.14. The maximum absolute atomic E-state index is 12.3. The van der Waals surface area contributed by atoms with Crippen LogP contribution in [0.15, 0.2) is 48.1 Å². The second kappa shape index (κ2) is 7.37. The highest BCUT2D eigenvalue weighted by molar-refractivity contribution is 7.09. The summed E-state index contributed by atoms with van der Waals surface area (Å²) in [6.07, 6.45) is 3.46. The minimum Gasteiger partial charge on any atom is -0.318 e. The second-order valence-corrected chi connectivity index (χ2v) is 6.67. The summed E-state index contributed by atoms with van der Waals surface area (Å²) in [5.41, 5.74) is 2.26. The zero-order valence-corrected chi connectivity index (χ0v) is 14.5. The van der Waals surface area contributed by atoms with E-state index in [-0.39, 0.29) is 5.91 Å². The summed E-state index contributed by atoms with van der Waals surface area (Å²) < 4.78 is 1.80. The predicted octanol–water partition coefficient (Wildman–Crippen LogP) is 2.70. The largest absolute Gasteiger partial charge is 0.318 e. The van der Waals surface area contributed by atoms with E-state index in [0.717, 1.165) is 17.1 Å². The number of carbonyl (C=O) groups is 1. The molecule has 0 saturated heterocycles. The number of anilines is 1. The van der Waals surface area contributed by atoms with Crippen LogP contribution in [0, 0.1) is 0 Å². The molecule has 0 aliphatic rings. The summed E-state index contributed by atoms with van der Waals surface area (Å²) in [4.78, 5) is 18.6. The van der Waals surface area contributed by atoms with Crippen molar-refractivity contribution in [2.45, 2.75) is 13.1 Å². The molecule has 0 radical (unpaired) electrons. The summed E-state index contributed by atoms with van der Waals surface area (Å²) in [5, 5.41) is 9.82. The molecule has 7 heteroatoms. The van der Waals surface area contributed by atoms with Crippen LogP contribution in [0.4, 0.5) is 5.69 Å². The summed E-state index contributed by atoms with van der Waals surface area (Å²) in [7, 11) is 3.95. The number of nitrogens with one attached hydrogen (secondary N) is 1. The molecule has 0 aliphatic heterocycles. The van der Waals surface area contributed by atoms with Gasteiger partial charge in [0.05, 0.1) is 18.4 Å². The lowest BCUT2D eigenvalue weighted by Gasteiger charge is -2.05. The van der Waals surface area contributed by atoms with Crippen molar-refractivity contribution in [2.75, 3.05) is 19.4 Å². The van der Waals surface area contributed by atoms with Crippen LogP contribution in [-0.2, 0) is 13.1 Å². The van der Waals surface area contributed by atoms with Crippen LogP contribution in [0.2, 0.25) is 0 Å². The van der Waals surface area contributed by atoms with E-state index in [2.05, 4.69) is 15.4 Å². The molecule has 0 unspecified atom stereocenters. The fourth-order valence-corrected chi connectivity index (χ4v) is 3.13. The van der Waals surface area contributed by atoms with Gasteiger partial charge in [-0.3, -0.25) is 9.48 Å². The van der Waals surface area contributed by atoms with Gasteiger partial charge in [-0.05, 0) is 19.7 Å². The minimum absolute atomic E-state index is 0.212. The first kappa shape index (κ1) is 16.4. The Bertz CT molecular complexity index is 809. The molecule has 0 fully saturated rings. The average molecular weight is 341 g/mol. The fourth-order valence-electron chi connectivity index (χ4n) is 2.24. The van der Waals surface area contributed by atoms with E-state index in [1.54, 1.807) is 16.3 Å². The van der Waals surface area contributed by atoms with Gasteiger partial charge in [0.15, 0.2) is 0 Å². The Morgan fingerprint density at radius 1 is 1.29 bits per heavy atom. The highest BCUT2D eigenvalue weighted by atomic mass is 32.1. The standard InChI is InChI=1S/C17H19N5OS/c1-21(2)11-16-20-15(12-24-16)17(23)19-14-8-18-22(10-14)9-13-6-4-3-5-7-13/h3-8,10,12H,9,11H2,1-2H3,(H,19,23). The molecule has 0 atom stereocenters. The molecule has 2 aromatic heterocycles. The van der Waals surface area contributed by atoms with Gasteiger partial charge in [-0.15, -0.1) is 11.3 Å². The monoisotopic (exact) mass is 341 g/mol. The van der Waals surface area contributed by atoms with Crippen LogP contribution >= 0.6 is 11.3 Å². The molecule has 2 heterocycles. The predicted molar refractivity (Wildman–Crippen MR) is 95.2 cm³/mol. The van der Waals surface area contributed by atoms with E-state index >= 15 is 0 Å². The van der Waals surface area contributed by atoms with Crippen molar-refractivity contribution >= 4 is 22.9 Å². The van der Waals surface area contributed by atoms with E-state index < -0.39 is 0 Å². The Hall–Kier alpha value is -2.51. The lowest BCUT2D eigenvalue weighted by atomic mass is 10.2. The number of hydrogen-bond acceptors (Lipinski definition) is 5. The Labute approximate surface area is 144 Å². The topological polar surface area (TPSA) is 63.1 Å². The molecule has 0 bridgehead atoms. The number of amides is 1. The van der Waals surface area contributed by atoms with Gasteiger partial charge in [0.2, 0.25) is 0 Å². The van der Waals surface area contributed by atoms with E-state index in [4.69, 9.17) is 0 Å². The second-order valence-electron chi connectivity index (χ2n) is 5.73. The Morgan fingerprint density at radius 2 is 2.08 bits per heavy atom. The summed E-state index contributed by atoms with van der Waals surface area (Å²) in [5.74, 6) is -0.212. The van der Waals surface area contributed by atoms with Crippen molar-refractivity contribution in [2.24, 2.45) is 0 Å². The molecule has 0 saturated carbocycles. The normalized spacial score (nSPS) is 11.0. The van der Waals surface area contributed by atoms with Gasteiger partial charge in [0, 0.05) is 18.1 Å². The third-order valence-electron chi connectivity index (χ3n) is 3.31. The molecule has 1 amide bonds. The molecule has 1 aromatic carbocycles. The lowest BCUT2D eigenvalue weighted by molar-refractivity contribution is 0.102. The maximum Gasteiger partial charge on any atom is 0.275 e. The Morgan fingerprint density at radius 3 is 2.83 bits per heavy atom. The number of nitrogens with zero attached hydrogens (tertiary/aromatic N) is 4. The van der Waals surface area contributed by atoms with E-state index in [1.165, 1.54) is 11.3 Å². The summed E-state index contributed by atoms with van der Waals surface area (Å²) >= 11 is 1.49. The summed E-state index contributed by atoms with van der Waals surface area (Å²) in [6.45, 7) is 1.40. The first-order valence-corrected chi connectivity index (χ1v) is 8.45. The van der Waals surface area contributed by atoms with Crippen molar-refractivity contribution in [3.63, 3.8) is 0 Å². The number of thiazole rings is 1. The smallest absolute Gasteiger partial charge is 0.275 e. The van der Waals surface area contributed by atoms with Crippen molar-refractivity contribution in [1.82, 2.24) is 19.7 Å². The number of hydrogen-bond donors (Lipinski definition) is 1. The number of benzene rings is 1. The van der Waals surface area contributed by atoms with Crippen LogP contribution in [0.3, 0.4) is 0 Å². The molecule has 1 N–H and O–H groups in total. The third kappa shape index (κ3) is 4.27. The third-order valence-corrected chi connectivity index (χ3v) is 4.15. The van der Waals surface area contributed by atoms with Crippen molar-refractivity contribution in [3.8, 4) is 0 Å². The molecular weight excluding hydrogens is 322 g/mol. The average Bonchev–Trinajstić information content (AvgIpc) is 3.17. The van der Waals surface area contributed by atoms with Gasteiger partial charge < -0.3 is 10.2 Å². The number of aromatic nitrogens is 3. The Balaban J connectivity index is 1.62. The van der Waals surface area contributed by atoms with Gasteiger partial charge in [-0.2, -0.15) is 5.10 Å². The van der Waals surface area contributed by atoms with Gasteiger partial charge in [-0.25, -0.2) is 4.98 Å². The minimum atomic E-state index is -0.212. The SMILES string of the molecule is CN(C)Cc1nc(C(=O)Nc2cnn(Cc3ccccc3)c2)cs1. The molecular formula is C17H19N5OS. The van der Waals surface area contributed by atoms with Crippen LogP contribution in [0.5, 0.6) is 0 Å².